The summed E-state index contributed by atoms with van der Waals surface area (Å²) in [6, 6.07) is 0.846. The van der Waals surface area contributed by atoms with Gasteiger partial charge in [0.15, 0.2) is 0 Å². The highest BCUT2D eigenvalue weighted by Crippen LogP contribution is 2.51. The van der Waals surface area contributed by atoms with Crippen molar-refractivity contribution in [2.24, 2.45) is 11.8 Å². The van der Waals surface area contributed by atoms with Crippen LogP contribution < -0.4 is 5.32 Å². The van der Waals surface area contributed by atoms with Crippen molar-refractivity contribution in [1.82, 2.24) is 5.32 Å². The monoisotopic (exact) mass is 193 g/mol. The molecule has 14 heavy (non-hydrogen) atoms. The Bertz CT molecular complexity index is 228. The molecule has 78 valence electrons. The van der Waals surface area contributed by atoms with Crippen molar-refractivity contribution >= 4 is 0 Å². The molecule has 2 saturated carbocycles. The molecule has 3 rings (SSSR count). The molecule has 0 bridgehead atoms. The topological polar surface area (TPSA) is 21.3 Å². The molecule has 1 heterocycles. The number of fused-ring (bicyclic) bond motifs is 1. The summed E-state index contributed by atoms with van der Waals surface area (Å²) in [6.45, 7) is 1.06. The van der Waals surface area contributed by atoms with Crippen molar-refractivity contribution < 1.29 is 4.74 Å². The lowest BCUT2D eigenvalue weighted by Crippen LogP contribution is -2.32. The molecule has 2 nitrogen and oxygen atoms in total. The van der Waals surface area contributed by atoms with Gasteiger partial charge in [-0.05, 0) is 43.6 Å². The highest BCUT2D eigenvalue weighted by Gasteiger charge is 2.52. The molecule has 0 saturated heterocycles. The number of ether oxygens (including phenoxy) is 1. The van der Waals surface area contributed by atoms with E-state index in [-0.39, 0.29) is 0 Å². The van der Waals surface area contributed by atoms with Crippen molar-refractivity contribution in [3.8, 4) is 0 Å². The Morgan fingerprint density at radius 3 is 2.79 bits per heavy atom. The van der Waals surface area contributed by atoms with Crippen molar-refractivity contribution in [3.05, 3.63) is 12.3 Å². The van der Waals surface area contributed by atoms with E-state index in [1.54, 1.807) is 0 Å². The molecule has 3 aliphatic rings. The lowest BCUT2D eigenvalue weighted by Gasteiger charge is -2.20. The Balaban J connectivity index is 1.40. The molecule has 2 aliphatic carbocycles. The van der Waals surface area contributed by atoms with Crippen LogP contribution in [0.15, 0.2) is 12.3 Å². The highest BCUT2D eigenvalue weighted by molar-refractivity contribution is 5.06. The molecule has 0 radical (unpaired) electrons. The van der Waals surface area contributed by atoms with Crippen LogP contribution >= 0.6 is 0 Å². The number of rotatable bonds is 3. The van der Waals surface area contributed by atoms with Gasteiger partial charge in [0.25, 0.3) is 0 Å². The third-order valence-electron chi connectivity index (χ3n) is 4.01. The van der Waals surface area contributed by atoms with Crippen LogP contribution in [-0.4, -0.2) is 18.7 Å². The SMILES string of the molecule is C1=COC(CNC2C3CCCC32)CC1. The summed E-state index contributed by atoms with van der Waals surface area (Å²) in [6.07, 6.45) is 11.2. The predicted octanol–water partition coefficient (Wildman–Crippen LogP) is 2.07. The second kappa shape index (κ2) is 3.58. The van der Waals surface area contributed by atoms with Gasteiger partial charge in [-0.3, -0.25) is 0 Å². The molecule has 1 aliphatic heterocycles. The standard InChI is InChI=1S/C12H19NO/c1-2-7-14-9(4-1)8-13-12-10-5-3-6-11(10)12/h2,7,9-13H,1,3-6,8H2. The molecule has 0 aromatic carbocycles. The maximum Gasteiger partial charge on any atom is 0.110 e. The molecule has 3 atom stereocenters. The lowest BCUT2D eigenvalue weighted by molar-refractivity contribution is 0.121. The summed E-state index contributed by atoms with van der Waals surface area (Å²) in [4.78, 5) is 0. The first-order chi connectivity index (χ1) is 6.95. The van der Waals surface area contributed by atoms with Crippen LogP contribution in [-0.2, 0) is 4.74 Å². The van der Waals surface area contributed by atoms with Crippen molar-refractivity contribution in [1.29, 1.82) is 0 Å². The lowest BCUT2D eigenvalue weighted by atomic mass is 10.1. The number of nitrogens with one attached hydrogen (secondary N) is 1. The van der Waals surface area contributed by atoms with Gasteiger partial charge in [0.05, 0.1) is 6.26 Å². The van der Waals surface area contributed by atoms with E-state index in [0.29, 0.717) is 6.10 Å². The summed E-state index contributed by atoms with van der Waals surface area (Å²) >= 11 is 0. The minimum absolute atomic E-state index is 0.432. The van der Waals surface area contributed by atoms with Gasteiger partial charge in [0.1, 0.15) is 6.10 Å². The van der Waals surface area contributed by atoms with E-state index in [1.165, 1.54) is 32.1 Å². The Morgan fingerprint density at radius 1 is 1.21 bits per heavy atom. The first-order valence-electron chi connectivity index (χ1n) is 5.99. The van der Waals surface area contributed by atoms with Gasteiger partial charge >= 0.3 is 0 Å². The number of hydrogen-bond acceptors (Lipinski definition) is 2. The number of allylic oxidation sites excluding steroid dienone is 1. The van der Waals surface area contributed by atoms with Gasteiger partial charge in [0, 0.05) is 12.6 Å². The minimum atomic E-state index is 0.432. The zero-order valence-electron chi connectivity index (χ0n) is 8.61. The van der Waals surface area contributed by atoms with Gasteiger partial charge in [-0.25, -0.2) is 0 Å². The quantitative estimate of drug-likeness (QED) is 0.741. The van der Waals surface area contributed by atoms with Crippen molar-refractivity contribution in [2.45, 2.75) is 44.2 Å². The fourth-order valence-corrected chi connectivity index (χ4v) is 3.13. The van der Waals surface area contributed by atoms with E-state index in [9.17, 15) is 0 Å². The Kier molecular flexibility index (Phi) is 2.24. The summed E-state index contributed by atoms with van der Waals surface area (Å²) in [7, 11) is 0. The van der Waals surface area contributed by atoms with Gasteiger partial charge in [-0.1, -0.05) is 6.42 Å². The molecule has 1 N–H and O–H groups in total. The molecule has 0 aromatic rings. The summed E-state index contributed by atoms with van der Waals surface area (Å²) in [5, 5.41) is 3.67. The third-order valence-corrected chi connectivity index (χ3v) is 4.01. The van der Waals surface area contributed by atoms with E-state index in [2.05, 4.69) is 11.4 Å². The molecular formula is C12H19NO. The fraction of sp³-hybridized carbons (Fsp3) is 0.833. The number of hydrogen-bond donors (Lipinski definition) is 1. The molecule has 0 amide bonds. The van der Waals surface area contributed by atoms with Crippen LogP contribution in [0.5, 0.6) is 0 Å². The molecule has 0 spiro atoms. The molecule has 2 fully saturated rings. The smallest absolute Gasteiger partial charge is 0.110 e. The van der Waals surface area contributed by atoms with Crippen LogP contribution in [0.3, 0.4) is 0 Å². The highest BCUT2D eigenvalue weighted by atomic mass is 16.5. The average molecular weight is 193 g/mol. The zero-order valence-corrected chi connectivity index (χ0v) is 8.61. The van der Waals surface area contributed by atoms with Crippen LogP contribution in [0, 0.1) is 11.8 Å². The molecule has 3 unspecified atom stereocenters. The van der Waals surface area contributed by atoms with Gasteiger partial charge in [-0.15, -0.1) is 0 Å². The van der Waals surface area contributed by atoms with E-state index in [0.717, 1.165) is 24.4 Å². The fourth-order valence-electron chi connectivity index (χ4n) is 3.13. The zero-order chi connectivity index (χ0) is 9.38. The van der Waals surface area contributed by atoms with Crippen molar-refractivity contribution in [2.75, 3.05) is 6.54 Å². The minimum Gasteiger partial charge on any atom is -0.497 e. The molecular weight excluding hydrogens is 174 g/mol. The van der Waals surface area contributed by atoms with E-state index >= 15 is 0 Å². The average Bonchev–Trinajstić information content (AvgIpc) is 2.69. The first-order valence-corrected chi connectivity index (χ1v) is 5.99. The van der Waals surface area contributed by atoms with E-state index in [1.807, 2.05) is 6.26 Å². The Morgan fingerprint density at radius 2 is 2.07 bits per heavy atom. The maximum absolute atomic E-state index is 5.54. The van der Waals surface area contributed by atoms with Crippen LogP contribution in [0.25, 0.3) is 0 Å². The predicted molar refractivity (Wildman–Crippen MR) is 55.9 cm³/mol. The first kappa shape index (κ1) is 8.78. The van der Waals surface area contributed by atoms with Crippen LogP contribution in [0.2, 0.25) is 0 Å². The van der Waals surface area contributed by atoms with Gasteiger partial charge in [-0.2, -0.15) is 0 Å². The summed E-state index contributed by atoms with van der Waals surface area (Å²) in [5.74, 6) is 2.04. The van der Waals surface area contributed by atoms with E-state index < -0.39 is 0 Å². The normalized spacial score (nSPS) is 44.6. The van der Waals surface area contributed by atoms with Crippen LogP contribution in [0.1, 0.15) is 32.1 Å². The van der Waals surface area contributed by atoms with Crippen LogP contribution in [0.4, 0.5) is 0 Å². The van der Waals surface area contributed by atoms with E-state index in [4.69, 9.17) is 4.74 Å². The van der Waals surface area contributed by atoms with Gasteiger partial charge in [0.2, 0.25) is 0 Å². The maximum atomic E-state index is 5.54. The summed E-state index contributed by atoms with van der Waals surface area (Å²) < 4.78 is 5.54. The Hall–Kier alpha value is -0.500. The molecule has 2 heteroatoms. The largest absolute Gasteiger partial charge is 0.497 e. The second-order valence-corrected chi connectivity index (χ2v) is 4.90. The summed E-state index contributed by atoms with van der Waals surface area (Å²) in [5.41, 5.74) is 0. The second-order valence-electron chi connectivity index (χ2n) is 4.90. The third kappa shape index (κ3) is 1.56. The molecule has 0 aromatic heterocycles. The van der Waals surface area contributed by atoms with Gasteiger partial charge < -0.3 is 10.1 Å². The Labute approximate surface area is 85.7 Å². The van der Waals surface area contributed by atoms with Crippen molar-refractivity contribution in [3.63, 3.8) is 0 Å².